The molecule has 0 aliphatic heterocycles. The molecule has 0 aliphatic carbocycles. The van der Waals surface area contributed by atoms with Gasteiger partial charge in [0.05, 0.1) is 24.3 Å². The molecular weight excluding hydrogens is 377 g/mol. The molecule has 0 unspecified atom stereocenters. The molecule has 0 atom stereocenters. The number of guanidine groups is 1. The fourth-order valence-electron chi connectivity index (χ4n) is 2.14. The Labute approximate surface area is 162 Å². The SMILES string of the molecule is CN=C(NCCNc1ncc(Cl)cc1Cl)Nc1ccc(OC)c(OC)c1. The zero-order valence-electron chi connectivity index (χ0n) is 14.8. The third-order valence-electron chi connectivity index (χ3n) is 3.39. The third kappa shape index (κ3) is 5.57. The van der Waals surface area contributed by atoms with Gasteiger partial charge in [-0.05, 0) is 18.2 Å². The Hall–Kier alpha value is -2.38. The summed E-state index contributed by atoms with van der Waals surface area (Å²) in [5, 5.41) is 10.5. The number of aromatic nitrogens is 1. The van der Waals surface area contributed by atoms with Gasteiger partial charge in [0.1, 0.15) is 5.82 Å². The van der Waals surface area contributed by atoms with E-state index in [4.69, 9.17) is 32.7 Å². The maximum absolute atomic E-state index is 6.07. The van der Waals surface area contributed by atoms with Crippen LogP contribution in [0.5, 0.6) is 11.5 Å². The van der Waals surface area contributed by atoms with Gasteiger partial charge in [-0.15, -0.1) is 0 Å². The summed E-state index contributed by atoms with van der Waals surface area (Å²) in [5.41, 5.74) is 0.825. The highest BCUT2D eigenvalue weighted by Crippen LogP contribution is 2.29. The fraction of sp³-hybridized carbons (Fsp3) is 0.294. The van der Waals surface area contributed by atoms with Crippen molar-refractivity contribution < 1.29 is 9.47 Å². The molecule has 0 saturated heterocycles. The lowest BCUT2D eigenvalue weighted by atomic mass is 10.3. The van der Waals surface area contributed by atoms with E-state index < -0.39 is 0 Å². The highest BCUT2D eigenvalue weighted by Gasteiger charge is 2.06. The van der Waals surface area contributed by atoms with Crippen molar-refractivity contribution in [1.82, 2.24) is 10.3 Å². The lowest BCUT2D eigenvalue weighted by Gasteiger charge is -2.14. The Bertz CT molecular complexity index is 771. The second-order valence-electron chi connectivity index (χ2n) is 5.10. The van der Waals surface area contributed by atoms with Crippen LogP contribution in [0.2, 0.25) is 10.0 Å². The first-order valence-electron chi connectivity index (χ1n) is 7.82. The maximum Gasteiger partial charge on any atom is 0.195 e. The molecule has 9 heteroatoms. The Morgan fingerprint density at radius 1 is 1.12 bits per heavy atom. The van der Waals surface area contributed by atoms with Crippen molar-refractivity contribution in [2.45, 2.75) is 0 Å². The van der Waals surface area contributed by atoms with Gasteiger partial charge in [0.2, 0.25) is 0 Å². The van der Waals surface area contributed by atoms with E-state index in [-0.39, 0.29) is 0 Å². The average Bonchev–Trinajstić information content (AvgIpc) is 2.65. The maximum atomic E-state index is 6.07. The minimum Gasteiger partial charge on any atom is -0.493 e. The minimum absolute atomic E-state index is 0.477. The number of benzene rings is 1. The van der Waals surface area contributed by atoms with E-state index in [0.717, 1.165) is 5.69 Å². The molecule has 0 radical (unpaired) electrons. The summed E-state index contributed by atoms with van der Waals surface area (Å²) in [7, 11) is 4.89. The molecule has 0 saturated carbocycles. The number of halogens is 2. The quantitative estimate of drug-likeness (QED) is 0.376. The van der Waals surface area contributed by atoms with E-state index in [9.17, 15) is 0 Å². The summed E-state index contributed by atoms with van der Waals surface area (Å²) in [4.78, 5) is 8.33. The molecule has 0 amide bonds. The predicted octanol–water partition coefficient (Wildman–Crippen LogP) is 3.51. The summed E-state index contributed by atoms with van der Waals surface area (Å²) < 4.78 is 10.5. The molecule has 7 nitrogen and oxygen atoms in total. The number of rotatable bonds is 7. The van der Waals surface area contributed by atoms with Crippen molar-refractivity contribution in [2.24, 2.45) is 4.99 Å². The third-order valence-corrected chi connectivity index (χ3v) is 3.88. The van der Waals surface area contributed by atoms with Crippen LogP contribution in [0, 0.1) is 0 Å². The van der Waals surface area contributed by atoms with Crippen LogP contribution < -0.4 is 25.4 Å². The second kappa shape index (κ2) is 9.94. The normalized spacial score (nSPS) is 11.0. The number of pyridine rings is 1. The van der Waals surface area contributed by atoms with Crippen LogP contribution in [0.15, 0.2) is 35.5 Å². The van der Waals surface area contributed by atoms with Crippen molar-refractivity contribution in [3.63, 3.8) is 0 Å². The number of nitrogens with one attached hydrogen (secondary N) is 3. The fourth-order valence-corrected chi connectivity index (χ4v) is 2.58. The van der Waals surface area contributed by atoms with Crippen LogP contribution >= 0.6 is 23.2 Å². The Kier molecular flexibility index (Phi) is 7.62. The van der Waals surface area contributed by atoms with Crippen molar-refractivity contribution in [3.8, 4) is 11.5 Å². The molecule has 140 valence electrons. The predicted molar refractivity (Wildman–Crippen MR) is 107 cm³/mol. The number of methoxy groups -OCH3 is 2. The number of hydrogen-bond acceptors (Lipinski definition) is 5. The molecule has 26 heavy (non-hydrogen) atoms. The van der Waals surface area contributed by atoms with Crippen molar-refractivity contribution in [3.05, 3.63) is 40.5 Å². The van der Waals surface area contributed by atoms with Crippen LogP contribution in [0.1, 0.15) is 0 Å². The van der Waals surface area contributed by atoms with Gasteiger partial charge in [0.25, 0.3) is 0 Å². The molecule has 0 bridgehead atoms. The highest BCUT2D eigenvalue weighted by molar-refractivity contribution is 6.35. The summed E-state index contributed by atoms with van der Waals surface area (Å²) in [5.74, 6) is 2.51. The topological polar surface area (TPSA) is 79.8 Å². The van der Waals surface area contributed by atoms with E-state index in [2.05, 4.69) is 25.9 Å². The molecule has 1 aromatic heterocycles. The Morgan fingerprint density at radius 2 is 1.88 bits per heavy atom. The van der Waals surface area contributed by atoms with E-state index >= 15 is 0 Å². The van der Waals surface area contributed by atoms with E-state index in [1.54, 1.807) is 33.5 Å². The number of hydrogen-bond donors (Lipinski definition) is 3. The number of nitrogens with zero attached hydrogens (tertiary/aromatic N) is 2. The summed E-state index contributed by atoms with van der Waals surface area (Å²) in [6.07, 6.45) is 1.54. The molecule has 2 aromatic rings. The van der Waals surface area contributed by atoms with Crippen molar-refractivity contribution >= 4 is 40.7 Å². The van der Waals surface area contributed by atoms with Gasteiger partial charge in [-0.25, -0.2) is 4.98 Å². The van der Waals surface area contributed by atoms with Gasteiger partial charge in [0.15, 0.2) is 17.5 Å². The molecule has 0 fully saturated rings. The summed E-state index contributed by atoms with van der Waals surface area (Å²) >= 11 is 11.9. The molecular formula is C17H21Cl2N5O2. The van der Waals surface area contributed by atoms with Crippen LogP contribution in [0.25, 0.3) is 0 Å². The van der Waals surface area contributed by atoms with E-state index in [0.29, 0.717) is 46.4 Å². The first-order valence-corrected chi connectivity index (χ1v) is 8.57. The van der Waals surface area contributed by atoms with Crippen LogP contribution in [0.3, 0.4) is 0 Å². The first kappa shape index (κ1) is 19.9. The second-order valence-corrected chi connectivity index (χ2v) is 5.95. The van der Waals surface area contributed by atoms with Gasteiger partial charge < -0.3 is 25.4 Å². The lowest BCUT2D eigenvalue weighted by molar-refractivity contribution is 0.355. The summed E-state index contributed by atoms with van der Waals surface area (Å²) in [6, 6.07) is 7.18. The van der Waals surface area contributed by atoms with Crippen LogP contribution in [0.4, 0.5) is 11.5 Å². The molecule has 0 aliphatic rings. The van der Waals surface area contributed by atoms with E-state index in [1.807, 2.05) is 18.2 Å². The lowest BCUT2D eigenvalue weighted by Crippen LogP contribution is -2.34. The van der Waals surface area contributed by atoms with E-state index in [1.165, 1.54) is 0 Å². The van der Waals surface area contributed by atoms with Crippen LogP contribution in [-0.2, 0) is 0 Å². The number of ether oxygens (including phenoxy) is 2. The monoisotopic (exact) mass is 397 g/mol. The number of anilines is 2. The van der Waals surface area contributed by atoms with Gasteiger partial charge in [-0.3, -0.25) is 4.99 Å². The largest absolute Gasteiger partial charge is 0.493 e. The standard InChI is InChI=1S/C17H21Cl2N5O2/c1-20-17(24-12-4-5-14(25-2)15(9-12)26-3)22-7-6-21-16-13(19)8-11(18)10-23-16/h4-5,8-10H,6-7H2,1-3H3,(H,21,23)(H2,20,22,24). The smallest absolute Gasteiger partial charge is 0.195 e. The minimum atomic E-state index is 0.477. The molecule has 1 aromatic carbocycles. The van der Waals surface area contributed by atoms with Crippen molar-refractivity contribution in [1.29, 1.82) is 0 Å². The van der Waals surface area contributed by atoms with Crippen molar-refractivity contribution in [2.75, 3.05) is 45.0 Å². The zero-order valence-corrected chi connectivity index (χ0v) is 16.3. The average molecular weight is 398 g/mol. The first-order chi connectivity index (χ1) is 12.6. The molecule has 3 N–H and O–H groups in total. The van der Waals surface area contributed by atoms with Crippen LogP contribution in [-0.4, -0.2) is 45.3 Å². The van der Waals surface area contributed by atoms with Gasteiger partial charge in [-0.2, -0.15) is 0 Å². The Balaban J connectivity index is 1.86. The summed E-state index contributed by atoms with van der Waals surface area (Å²) in [6.45, 7) is 1.20. The molecule has 2 rings (SSSR count). The Morgan fingerprint density at radius 3 is 2.54 bits per heavy atom. The van der Waals surface area contributed by atoms with Gasteiger partial charge >= 0.3 is 0 Å². The number of aliphatic imine (C=N–C) groups is 1. The molecule has 1 heterocycles. The van der Waals surface area contributed by atoms with Gasteiger partial charge in [-0.1, -0.05) is 23.2 Å². The highest BCUT2D eigenvalue weighted by atomic mass is 35.5. The van der Waals surface area contributed by atoms with Gasteiger partial charge in [0, 0.05) is 38.1 Å². The molecule has 0 spiro atoms. The zero-order chi connectivity index (χ0) is 18.9.